The van der Waals surface area contributed by atoms with E-state index < -0.39 is 12.1 Å². The van der Waals surface area contributed by atoms with Crippen LogP contribution in [0.25, 0.3) is 0 Å². The number of likely N-dealkylation sites (tertiary alicyclic amines) is 1. The Morgan fingerprint density at radius 1 is 1.45 bits per heavy atom. The molecule has 1 aromatic rings. The Morgan fingerprint density at radius 3 is 2.73 bits per heavy atom. The van der Waals surface area contributed by atoms with Crippen molar-refractivity contribution in [3.05, 3.63) is 35.6 Å². The molecule has 1 fully saturated rings. The van der Waals surface area contributed by atoms with Gasteiger partial charge in [-0.1, -0.05) is 32.0 Å². The van der Waals surface area contributed by atoms with Crippen LogP contribution >= 0.6 is 0 Å². The topological polar surface area (TPSA) is 69.6 Å². The molecule has 2 N–H and O–H groups in total. The van der Waals surface area contributed by atoms with Gasteiger partial charge in [0.2, 0.25) is 5.91 Å². The Kier molecular flexibility index (Phi) is 5.00. The summed E-state index contributed by atoms with van der Waals surface area (Å²) in [5.74, 6) is -0.507. The van der Waals surface area contributed by atoms with E-state index in [1.807, 2.05) is 13.8 Å². The van der Waals surface area contributed by atoms with Crippen LogP contribution in [-0.4, -0.2) is 41.1 Å². The van der Waals surface area contributed by atoms with Gasteiger partial charge < -0.3 is 15.3 Å². The van der Waals surface area contributed by atoms with Crippen LogP contribution in [0.3, 0.4) is 0 Å². The number of rotatable bonds is 4. The maximum Gasteiger partial charge on any atom is 0.405 e. The fourth-order valence-corrected chi connectivity index (χ4v) is 2.94. The molecule has 1 aromatic carbocycles. The van der Waals surface area contributed by atoms with E-state index in [9.17, 15) is 14.0 Å². The van der Waals surface area contributed by atoms with E-state index in [0.29, 0.717) is 18.7 Å². The molecule has 1 aliphatic heterocycles. The molecule has 0 aromatic heterocycles. The molecule has 22 heavy (non-hydrogen) atoms. The SMILES string of the molecule is CC(C)CN1C[C@H](c2ccccc2F)C[C@H](NC(=O)O)C1=O. The maximum atomic E-state index is 14.0. The molecule has 2 amide bonds. The van der Waals surface area contributed by atoms with E-state index in [2.05, 4.69) is 5.32 Å². The van der Waals surface area contributed by atoms with Crippen LogP contribution in [-0.2, 0) is 4.79 Å². The van der Waals surface area contributed by atoms with E-state index >= 15 is 0 Å². The number of benzene rings is 1. The summed E-state index contributed by atoms with van der Waals surface area (Å²) in [6.45, 7) is 4.91. The molecule has 0 unspecified atom stereocenters. The van der Waals surface area contributed by atoms with Crippen molar-refractivity contribution < 1.29 is 19.1 Å². The first kappa shape index (κ1) is 16.3. The fourth-order valence-electron chi connectivity index (χ4n) is 2.94. The van der Waals surface area contributed by atoms with Crippen LogP contribution in [0.5, 0.6) is 0 Å². The lowest BCUT2D eigenvalue weighted by molar-refractivity contribution is -0.137. The van der Waals surface area contributed by atoms with E-state index in [1.165, 1.54) is 6.07 Å². The van der Waals surface area contributed by atoms with Gasteiger partial charge in [0, 0.05) is 19.0 Å². The second-order valence-corrected chi connectivity index (χ2v) is 6.09. The van der Waals surface area contributed by atoms with Crippen molar-refractivity contribution in [2.45, 2.75) is 32.2 Å². The molecule has 0 spiro atoms. The van der Waals surface area contributed by atoms with Crippen LogP contribution in [0.1, 0.15) is 31.7 Å². The van der Waals surface area contributed by atoms with Gasteiger partial charge in [0.05, 0.1) is 0 Å². The summed E-state index contributed by atoms with van der Waals surface area (Å²) in [5, 5.41) is 11.2. The number of amides is 2. The fraction of sp³-hybridized carbons (Fsp3) is 0.500. The van der Waals surface area contributed by atoms with Crippen LogP contribution in [0.2, 0.25) is 0 Å². The van der Waals surface area contributed by atoms with Crippen molar-refractivity contribution in [2.75, 3.05) is 13.1 Å². The second kappa shape index (κ2) is 6.77. The predicted molar refractivity (Wildman–Crippen MR) is 80.1 cm³/mol. The molecule has 2 atom stereocenters. The highest BCUT2D eigenvalue weighted by Crippen LogP contribution is 2.30. The number of carbonyl (C=O) groups is 2. The third-order valence-corrected chi connectivity index (χ3v) is 3.80. The molecule has 120 valence electrons. The standard InChI is InChI=1S/C16H21FN2O3/c1-10(2)8-19-9-11(12-5-3-4-6-13(12)17)7-14(15(19)20)18-16(21)22/h3-6,10-11,14,18H,7-9H2,1-2H3,(H,21,22)/t11-,14+/m1/s1. The van der Waals surface area contributed by atoms with Gasteiger partial charge in [-0.3, -0.25) is 4.79 Å². The van der Waals surface area contributed by atoms with E-state index in [4.69, 9.17) is 5.11 Å². The smallest absolute Gasteiger partial charge is 0.405 e. The summed E-state index contributed by atoms with van der Waals surface area (Å²) < 4.78 is 14.0. The number of nitrogens with one attached hydrogen (secondary N) is 1. The number of carboxylic acid groups (broad SMARTS) is 1. The van der Waals surface area contributed by atoms with Crippen molar-refractivity contribution in [3.8, 4) is 0 Å². The second-order valence-electron chi connectivity index (χ2n) is 6.09. The molecular weight excluding hydrogens is 287 g/mol. The first-order valence-electron chi connectivity index (χ1n) is 7.41. The number of halogens is 1. The zero-order valence-electron chi connectivity index (χ0n) is 12.8. The normalized spacial score (nSPS) is 22.0. The molecule has 0 radical (unpaired) electrons. The number of carbonyl (C=O) groups excluding carboxylic acids is 1. The minimum atomic E-state index is -1.24. The van der Waals surface area contributed by atoms with Crippen LogP contribution < -0.4 is 5.32 Å². The summed E-state index contributed by atoms with van der Waals surface area (Å²) in [6, 6.07) is 5.63. The molecular formula is C16H21FN2O3. The number of nitrogens with zero attached hydrogens (tertiary/aromatic N) is 1. The summed E-state index contributed by atoms with van der Waals surface area (Å²) >= 11 is 0. The van der Waals surface area contributed by atoms with Crippen LogP contribution in [0.15, 0.2) is 24.3 Å². The zero-order chi connectivity index (χ0) is 16.3. The Balaban J connectivity index is 2.25. The number of piperidine rings is 1. The molecule has 0 aliphatic carbocycles. The van der Waals surface area contributed by atoms with Crippen molar-refractivity contribution in [1.29, 1.82) is 0 Å². The summed E-state index contributed by atoms with van der Waals surface area (Å²) in [5.41, 5.74) is 0.529. The minimum absolute atomic E-state index is 0.213. The average Bonchev–Trinajstić information content (AvgIpc) is 2.42. The number of hydrogen-bond acceptors (Lipinski definition) is 2. The third-order valence-electron chi connectivity index (χ3n) is 3.80. The highest BCUT2D eigenvalue weighted by molar-refractivity contribution is 5.86. The van der Waals surface area contributed by atoms with Crippen molar-refractivity contribution >= 4 is 12.0 Å². The molecule has 1 heterocycles. The van der Waals surface area contributed by atoms with Crippen LogP contribution in [0, 0.1) is 11.7 Å². The summed E-state index contributed by atoms with van der Waals surface area (Å²) in [6.07, 6.45) is -0.960. The van der Waals surface area contributed by atoms with Gasteiger partial charge in [0.1, 0.15) is 11.9 Å². The minimum Gasteiger partial charge on any atom is -0.465 e. The van der Waals surface area contributed by atoms with Gasteiger partial charge in [-0.15, -0.1) is 0 Å². The summed E-state index contributed by atoms with van der Waals surface area (Å²) in [7, 11) is 0. The van der Waals surface area contributed by atoms with Gasteiger partial charge in [0.25, 0.3) is 0 Å². The number of hydrogen-bond donors (Lipinski definition) is 2. The van der Waals surface area contributed by atoms with E-state index in [-0.39, 0.29) is 30.0 Å². The lowest BCUT2D eigenvalue weighted by Gasteiger charge is -2.38. The Bertz CT molecular complexity index is 562. The highest BCUT2D eigenvalue weighted by Gasteiger charge is 2.36. The highest BCUT2D eigenvalue weighted by atomic mass is 19.1. The van der Waals surface area contributed by atoms with Gasteiger partial charge in [-0.05, 0) is 24.0 Å². The van der Waals surface area contributed by atoms with Gasteiger partial charge in [-0.2, -0.15) is 0 Å². The Labute approximate surface area is 129 Å². The van der Waals surface area contributed by atoms with Crippen molar-refractivity contribution in [3.63, 3.8) is 0 Å². The monoisotopic (exact) mass is 308 g/mol. The third kappa shape index (κ3) is 3.75. The molecule has 1 saturated heterocycles. The molecule has 0 bridgehead atoms. The molecule has 0 saturated carbocycles. The average molecular weight is 308 g/mol. The van der Waals surface area contributed by atoms with E-state index in [0.717, 1.165) is 0 Å². The first-order chi connectivity index (χ1) is 10.4. The van der Waals surface area contributed by atoms with Gasteiger partial charge in [-0.25, -0.2) is 9.18 Å². The maximum absolute atomic E-state index is 14.0. The largest absolute Gasteiger partial charge is 0.465 e. The molecule has 2 rings (SSSR count). The lowest BCUT2D eigenvalue weighted by atomic mass is 9.87. The quantitative estimate of drug-likeness (QED) is 0.897. The molecule has 5 nitrogen and oxygen atoms in total. The van der Waals surface area contributed by atoms with Gasteiger partial charge in [0.15, 0.2) is 0 Å². The van der Waals surface area contributed by atoms with Crippen LogP contribution in [0.4, 0.5) is 9.18 Å². The first-order valence-corrected chi connectivity index (χ1v) is 7.41. The lowest BCUT2D eigenvalue weighted by Crippen LogP contribution is -2.55. The Hall–Kier alpha value is -2.11. The van der Waals surface area contributed by atoms with Crippen molar-refractivity contribution in [2.24, 2.45) is 5.92 Å². The van der Waals surface area contributed by atoms with Gasteiger partial charge >= 0.3 is 6.09 Å². The zero-order valence-corrected chi connectivity index (χ0v) is 12.8. The van der Waals surface area contributed by atoms with E-state index in [1.54, 1.807) is 23.1 Å². The predicted octanol–water partition coefficient (Wildman–Crippen LogP) is 2.43. The Morgan fingerprint density at radius 2 is 2.14 bits per heavy atom. The van der Waals surface area contributed by atoms with Crippen molar-refractivity contribution in [1.82, 2.24) is 10.2 Å². The molecule has 6 heteroatoms. The summed E-state index contributed by atoms with van der Waals surface area (Å²) in [4.78, 5) is 24.9. The molecule has 1 aliphatic rings.